The number of piperidine rings is 1. The summed E-state index contributed by atoms with van der Waals surface area (Å²) in [6.07, 6.45) is 1.82. The first kappa shape index (κ1) is 16.0. The zero-order chi connectivity index (χ0) is 16.9. The molecule has 1 saturated heterocycles. The van der Waals surface area contributed by atoms with Crippen molar-refractivity contribution in [2.45, 2.75) is 25.7 Å². The Kier molecular flexibility index (Phi) is 4.75. The van der Waals surface area contributed by atoms with Crippen molar-refractivity contribution in [3.8, 4) is 11.8 Å². The highest BCUT2D eigenvalue weighted by Gasteiger charge is 2.28. The van der Waals surface area contributed by atoms with Crippen LogP contribution >= 0.6 is 0 Å². The third-order valence-corrected chi connectivity index (χ3v) is 4.04. The molecule has 1 aliphatic rings. The quantitative estimate of drug-likeness (QED) is 0.853. The first-order valence-corrected chi connectivity index (χ1v) is 7.87. The van der Waals surface area contributed by atoms with Gasteiger partial charge in [0.15, 0.2) is 12.4 Å². The molecule has 3 rings (SSSR count). The van der Waals surface area contributed by atoms with Gasteiger partial charge in [0.2, 0.25) is 5.89 Å². The van der Waals surface area contributed by atoms with E-state index in [1.165, 1.54) is 0 Å². The maximum atomic E-state index is 12.4. The van der Waals surface area contributed by atoms with Crippen LogP contribution in [0.15, 0.2) is 28.8 Å². The second kappa shape index (κ2) is 7.13. The number of likely N-dealkylation sites (tertiary alicyclic amines) is 1. The first-order valence-electron chi connectivity index (χ1n) is 7.87. The molecule has 0 radical (unpaired) electrons. The molecule has 0 N–H and O–H groups in total. The van der Waals surface area contributed by atoms with Gasteiger partial charge in [-0.3, -0.25) is 4.79 Å². The molecule has 24 heavy (non-hydrogen) atoms. The smallest absolute Gasteiger partial charge is 0.260 e. The molecule has 0 bridgehead atoms. The number of carbonyl (C=O) groups is 1. The summed E-state index contributed by atoms with van der Waals surface area (Å²) in [5.74, 6) is 1.60. The highest BCUT2D eigenvalue weighted by Crippen LogP contribution is 2.25. The molecule has 0 saturated carbocycles. The number of benzene rings is 1. The van der Waals surface area contributed by atoms with Gasteiger partial charge >= 0.3 is 0 Å². The molecular weight excluding hydrogens is 308 g/mol. The van der Waals surface area contributed by atoms with Crippen LogP contribution in [-0.2, 0) is 4.79 Å². The van der Waals surface area contributed by atoms with Gasteiger partial charge < -0.3 is 14.2 Å². The first-order chi connectivity index (χ1) is 11.7. The molecule has 124 valence electrons. The van der Waals surface area contributed by atoms with E-state index in [0.29, 0.717) is 36.1 Å². The summed E-state index contributed by atoms with van der Waals surface area (Å²) in [5, 5.41) is 13.0. The van der Waals surface area contributed by atoms with Crippen LogP contribution in [0.25, 0.3) is 0 Å². The maximum absolute atomic E-state index is 12.4. The lowest BCUT2D eigenvalue weighted by molar-refractivity contribution is -0.134. The van der Waals surface area contributed by atoms with Gasteiger partial charge in [0.25, 0.3) is 5.91 Å². The van der Waals surface area contributed by atoms with Gasteiger partial charge in [0.1, 0.15) is 11.8 Å². The van der Waals surface area contributed by atoms with E-state index in [1.54, 1.807) is 36.1 Å². The van der Waals surface area contributed by atoms with E-state index in [2.05, 4.69) is 16.2 Å². The Morgan fingerprint density at radius 1 is 1.50 bits per heavy atom. The van der Waals surface area contributed by atoms with Crippen molar-refractivity contribution in [3.05, 3.63) is 41.5 Å². The molecule has 0 aliphatic carbocycles. The van der Waals surface area contributed by atoms with Crippen molar-refractivity contribution < 1.29 is 14.1 Å². The van der Waals surface area contributed by atoms with E-state index in [4.69, 9.17) is 14.5 Å². The molecule has 1 atom stereocenters. The van der Waals surface area contributed by atoms with Gasteiger partial charge in [-0.1, -0.05) is 17.3 Å². The lowest BCUT2D eigenvalue weighted by Gasteiger charge is -2.31. The number of aromatic nitrogens is 2. The molecule has 1 amide bonds. The number of carbonyl (C=O) groups excluding carboxylic acids is 1. The van der Waals surface area contributed by atoms with Gasteiger partial charge in [0, 0.05) is 25.9 Å². The maximum Gasteiger partial charge on any atom is 0.260 e. The van der Waals surface area contributed by atoms with Crippen molar-refractivity contribution in [2.24, 2.45) is 0 Å². The van der Waals surface area contributed by atoms with Gasteiger partial charge in [-0.2, -0.15) is 10.2 Å². The Morgan fingerprint density at radius 2 is 2.33 bits per heavy atom. The van der Waals surface area contributed by atoms with Crippen molar-refractivity contribution in [2.75, 3.05) is 19.7 Å². The van der Waals surface area contributed by atoms with Gasteiger partial charge in [0.05, 0.1) is 5.56 Å². The fourth-order valence-electron chi connectivity index (χ4n) is 2.81. The van der Waals surface area contributed by atoms with Crippen LogP contribution in [0.5, 0.6) is 5.75 Å². The summed E-state index contributed by atoms with van der Waals surface area (Å²) in [4.78, 5) is 18.4. The van der Waals surface area contributed by atoms with E-state index < -0.39 is 0 Å². The summed E-state index contributed by atoms with van der Waals surface area (Å²) in [5.41, 5.74) is 0.420. The number of hydrogen-bond donors (Lipinski definition) is 0. The Bertz CT molecular complexity index is 765. The Morgan fingerprint density at radius 3 is 3.08 bits per heavy atom. The molecule has 1 aromatic heterocycles. The number of hydrogen-bond acceptors (Lipinski definition) is 6. The van der Waals surface area contributed by atoms with Crippen molar-refractivity contribution in [1.82, 2.24) is 15.0 Å². The van der Waals surface area contributed by atoms with E-state index >= 15 is 0 Å². The molecule has 1 aliphatic heterocycles. The van der Waals surface area contributed by atoms with E-state index in [9.17, 15) is 4.79 Å². The average molecular weight is 326 g/mol. The monoisotopic (exact) mass is 326 g/mol. The third-order valence-electron chi connectivity index (χ3n) is 4.04. The minimum atomic E-state index is -0.104. The standard InChI is InChI=1S/C17H18N4O3/c1-12-19-17(20-24-12)14-6-4-8-21(10-14)16(22)11-23-15-7-3-2-5-13(15)9-18/h2-3,5,7,14H,4,6,8,10-11H2,1H3. The fourth-order valence-corrected chi connectivity index (χ4v) is 2.81. The summed E-state index contributed by atoms with van der Waals surface area (Å²) in [6, 6.07) is 8.94. The average Bonchev–Trinajstić information content (AvgIpc) is 3.06. The van der Waals surface area contributed by atoms with Crippen molar-refractivity contribution >= 4 is 5.91 Å². The molecule has 1 unspecified atom stereocenters. The summed E-state index contributed by atoms with van der Waals surface area (Å²) >= 11 is 0. The molecule has 0 spiro atoms. The lowest BCUT2D eigenvalue weighted by Crippen LogP contribution is -2.41. The van der Waals surface area contributed by atoms with E-state index in [1.807, 2.05) is 0 Å². The summed E-state index contributed by atoms with van der Waals surface area (Å²) in [6.45, 7) is 2.91. The Balaban J connectivity index is 1.59. The normalized spacial score (nSPS) is 17.3. The van der Waals surface area contributed by atoms with Crippen LogP contribution in [0, 0.1) is 18.3 Å². The third kappa shape index (κ3) is 3.54. The number of rotatable bonds is 4. The minimum Gasteiger partial charge on any atom is -0.482 e. The van der Waals surface area contributed by atoms with Crippen LogP contribution < -0.4 is 4.74 Å². The number of nitriles is 1. The largest absolute Gasteiger partial charge is 0.482 e. The van der Waals surface area contributed by atoms with Gasteiger partial charge in [-0.15, -0.1) is 0 Å². The van der Waals surface area contributed by atoms with Crippen LogP contribution in [0.1, 0.15) is 36.0 Å². The second-order valence-corrected chi connectivity index (χ2v) is 5.75. The number of amides is 1. The van der Waals surface area contributed by atoms with Crippen LogP contribution in [0.4, 0.5) is 0 Å². The molecule has 2 aromatic rings. The predicted molar refractivity (Wildman–Crippen MR) is 84.2 cm³/mol. The van der Waals surface area contributed by atoms with Crippen LogP contribution in [0.2, 0.25) is 0 Å². The number of nitrogens with zero attached hydrogens (tertiary/aromatic N) is 4. The number of ether oxygens (including phenoxy) is 1. The molecule has 1 fully saturated rings. The van der Waals surface area contributed by atoms with Crippen LogP contribution in [0.3, 0.4) is 0 Å². The Hall–Kier alpha value is -2.88. The minimum absolute atomic E-state index is 0.0866. The van der Waals surface area contributed by atoms with Gasteiger partial charge in [-0.05, 0) is 25.0 Å². The van der Waals surface area contributed by atoms with Crippen molar-refractivity contribution in [3.63, 3.8) is 0 Å². The molecular formula is C17H18N4O3. The molecule has 2 heterocycles. The lowest BCUT2D eigenvalue weighted by atomic mass is 9.97. The summed E-state index contributed by atoms with van der Waals surface area (Å²) in [7, 11) is 0. The van der Waals surface area contributed by atoms with Crippen molar-refractivity contribution in [1.29, 1.82) is 5.26 Å². The fraction of sp³-hybridized carbons (Fsp3) is 0.412. The zero-order valence-corrected chi connectivity index (χ0v) is 13.4. The van der Waals surface area contributed by atoms with Gasteiger partial charge in [-0.25, -0.2) is 0 Å². The SMILES string of the molecule is Cc1nc(C2CCCN(C(=O)COc3ccccc3C#N)C2)no1. The molecule has 7 heteroatoms. The topological polar surface area (TPSA) is 92.2 Å². The predicted octanol–water partition coefficient (Wildman–Crippen LogP) is 2.03. The van der Waals surface area contributed by atoms with E-state index in [-0.39, 0.29) is 18.4 Å². The number of para-hydroxylation sites is 1. The second-order valence-electron chi connectivity index (χ2n) is 5.75. The van der Waals surface area contributed by atoms with E-state index in [0.717, 1.165) is 12.8 Å². The highest BCUT2D eigenvalue weighted by atomic mass is 16.5. The molecule has 7 nitrogen and oxygen atoms in total. The number of aryl methyl sites for hydroxylation is 1. The van der Waals surface area contributed by atoms with Crippen LogP contribution in [-0.4, -0.2) is 40.6 Å². The Labute approximate surface area is 139 Å². The molecule has 1 aromatic carbocycles. The highest BCUT2D eigenvalue weighted by molar-refractivity contribution is 5.78. The zero-order valence-electron chi connectivity index (χ0n) is 13.4. The summed E-state index contributed by atoms with van der Waals surface area (Å²) < 4.78 is 10.5.